The second-order valence-electron chi connectivity index (χ2n) is 3.22. The normalized spacial score (nSPS) is 13.5. The lowest BCUT2D eigenvalue weighted by Gasteiger charge is -2.06. The van der Waals surface area contributed by atoms with Crippen molar-refractivity contribution in [1.29, 1.82) is 0 Å². The van der Waals surface area contributed by atoms with Gasteiger partial charge >= 0.3 is 0 Å². The number of hydrogen-bond donors (Lipinski definition) is 0. The summed E-state index contributed by atoms with van der Waals surface area (Å²) in [5.74, 6) is 0.935. The highest BCUT2D eigenvalue weighted by Gasteiger charge is 1.96. The maximum Gasteiger partial charge on any atom is -0.0445 e. The van der Waals surface area contributed by atoms with E-state index in [0.717, 1.165) is 12.3 Å². The van der Waals surface area contributed by atoms with Crippen LogP contribution in [0, 0.1) is 12.8 Å². The Hall–Kier alpha value is 0. The lowest BCUT2D eigenvalue weighted by Crippen LogP contribution is -1.91. The Balaban J connectivity index is 2.89. The highest BCUT2D eigenvalue weighted by atomic mass is 14.0. The molecule has 10 heavy (non-hydrogen) atoms. The summed E-state index contributed by atoms with van der Waals surface area (Å²) in [7, 11) is 0. The fourth-order valence-electron chi connectivity index (χ4n) is 1.05. The van der Waals surface area contributed by atoms with Gasteiger partial charge in [-0.25, -0.2) is 0 Å². The zero-order valence-corrected chi connectivity index (χ0v) is 7.53. The average molecular weight is 141 g/mol. The molecule has 0 aromatic heterocycles. The van der Waals surface area contributed by atoms with Crippen LogP contribution >= 0.6 is 0 Å². The molecule has 0 bridgehead atoms. The van der Waals surface area contributed by atoms with Gasteiger partial charge in [0.2, 0.25) is 0 Å². The summed E-state index contributed by atoms with van der Waals surface area (Å²) in [5, 5.41) is 0. The molecule has 0 spiro atoms. The lowest BCUT2D eigenvalue weighted by molar-refractivity contribution is 0.479. The molecule has 0 N–H and O–H groups in total. The molecule has 0 aliphatic rings. The van der Waals surface area contributed by atoms with Crippen molar-refractivity contribution in [2.24, 2.45) is 5.92 Å². The van der Waals surface area contributed by atoms with E-state index in [1.807, 2.05) is 0 Å². The Morgan fingerprint density at radius 3 is 2.40 bits per heavy atom. The van der Waals surface area contributed by atoms with Gasteiger partial charge in [-0.15, -0.1) is 0 Å². The molecule has 0 fully saturated rings. The number of rotatable bonds is 6. The molecule has 0 aromatic rings. The Bertz CT molecular complexity index is 57.1. The topological polar surface area (TPSA) is 0 Å². The SMILES string of the molecule is [CH2]CCCCCC(C)CC. The molecule has 0 heterocycles. The number of unbranched alkanes of at least 4 members (excludes halogenated alkanes) is 3. The summed E-state index contributed by atoms with van der Waals surface area (Å²) in [6.45, 7) is 8.43. The molecule has 0 aliphatic heterocycles. The van der Waals surface area contributed by atoms with E-state index in [1.165, 1.54) is 32.1 Å². The van der Waals surface area contributed by atoms with Crippen LogP contribution in [0.25, 0.3) is 0 Å². The average Bonchev–Trinajstić information content (AvgIpc) is 1.98. The zero-order chi connectivity index (χ0) is 7.82. The van der Waals surface area contributed by atoms with Crippen LogP contribution in [0.15, 0.2) is 0 Å². The van der Waals surface area contributed by atoms with E-state index < -0.39 is 0 Å². The first-order valence-corrected chi connectivity index (χ1v) is 4.60. The molecular weight excluding hydrogens is 120 g/mol. The first-order valence-electron chi connectivity index (χ1n) is 4.60. The fraction of sp³-hybridized carbons (Fsp3) is 0.900. The summed E-state index contributed by atoms with van der Waals surface area (Å²) in [5.41, 5.74) is 0. The third-order valence-electron chi connectivity index (χ3n) is 2.14. The minimum absolute atomic E-state index is 0.935. The van der Waals surface area contributed by atoms with E-state index in [-0.39, 0.29) is 0 Å². The summed E-state index contributed by atoms with van der Waals surface area (Å²) >= 11 is 0. The molecule has 0 amide bonds. The molecule has 1 atom stereocenters. The van der Waals surface area contributed by atoms with Crippen LogP contribution in [0.5, 0.6) is 0 Å². The molecule has 0 heteroatoms. The Morgan fingerprint density at radius 2 is 1.90 bits per heavy atom. The second-order valence-corrected chi connectivity index (χ2v) is 3.22. The fourth-order valence-corrected chi connectivity index (χ4v) is 1.05. The van der Waals surface area contributed by atoms with Crippen LogP contribution in [-0.4, -0.2) is 0 Å². The van der Waals surface area contributed by atoms with E-state index in [1.54, 1.807) is 0 Å². The van der Waals surface area contributed by atoms with Crippen molar-refractivity contribution >= 4 is 0 Å². The van der Waals surface area contributed by atoms with Crippen molar-refractivity contribution in [3.05, 3.63) is 6.92 Å². The van der Waals surface area contributed by atoms with Gasteiger partial charge < -0.3 is 0 Å². The van der Waals surface area contributed by atoms with Crippen LogP contribution in [0.1, 0.15) is 52.4 Å². The highest BCUT2D eigenvalue weighted by Crippen LogP contribution is 2.12. The molecule has 1 unspecified atom stereocenters. The van der Waals surface area contributed by atoms with Crippen LogP contribution in [-0.2, 0) is 0 Å². The van der Waals surface area contributed by atoms with Gasteiger partial charge in [-0.2, -0.15) is 0 Å². The molecule has 0 saturated heterocycles. The predicted molar refractivity (Wildman–Crippen MR) is 47.9 cm³/mol. The van der Waals surface area contributed by atoms with Gasteiger partial charge in [0.1, 0.15) is 0 Å². The van der Waals surface area contributed by atoms with E-state index in [9.17, 15) is 0 Å². The predicted octanol–water partition coefficient (Wildman–Crippen LogP) is 3.82. The molecule has 0 rings (SSSR count). The van der Waals surface area contributed by atoms with Crippen molar-refractivity contribution in [3.63, 3.8) is 0 Å². The quantitative estimate of drug-likeness (QED) is 0.493. The molecule has 0 nitrogen and oxygen atoms in total. The van der Waals surface area contributed by atoms with Crippen LogP contribution in [0.2, 0.25) is 0 Å². The summed E-state index contributed by atoms with van der Waals surface area (Å²) in [6.07, 6.45) is 7.97. The summed E-state index contributed by atoms with van der Waals surface area (Å²) < 4.78 is 0. The zero-order valence-electron chi connectivity index (χ0n) is 7.53. The maximum absolute atomic E-state index is 3.82. The van der Waals surface area contributed by atoms with Crippen molar-refractivity contribution in [1.82, 2.24) is 0 Å². The van der Waals surface area contributed by atoms with Gasteiger partial charge in [0.25, 0.3) is 0 Å². The Kier molecular flexibility index (Phi) is 7.11. The van der Waals surface area contributed by atoms with E-state index in [4.69, 9.17) is 0 Å². The minimum atomic E-state index is 0.935. The largest absolute Gasteiger partial charge is 0.0651 e. The van der Waals surface area contributed by atoms with Gasteiger partial charge in [0, 0.05) is 0 Å². The van der Waals surface area contributed by atoms with Crippen molar-refractivity contribution in [3.8, 4) is 0 Å². The van der Waals surface area contributed by atoms with E-state index in [0.29, 0.717) is 0 Å². The highest BCUT2D eigenvalue weighted by molar-refractivity contribution is 4.51. The van der Waals surface area contributed by atoms with Gasteiger partial charge in [-0.1, -0.05) is 59.3 Å². The van der Waals surface area contributed by atoms with Crippen LogP contribution in [0.4, 0.5) is 0 Å². The van der Waals surface area contributed by atoms with Gasteiger partial charge in [-0.3, -0.25) is 0 Å². The molecule has 61 valence electrons. The van der Waals surface area contributed by atoms with Gasteiger partial charge in [-0.05, 0) is 5.92 Å². The van der Waals surface area contributed by atoms with E-state index in [2.05, 4.69) is 20.8 Å². The van der Waals surface area contributed by atoms with Crippen LogP contribution < -0.4 is 0 Å². The maximum atomic E-state index is 3.82. The first kappa shape index (κ1) is 10.0. The first-order chi connectivity index (χ1) is 4.81. The van der Waals surface area contributed by atoms with Crippen molar-refractivity contribution in [2.45, 2.75) is 52.4 Å². The molecule has 0 saturated carbocycles. The van der Waals surface area contributed by atoms with Crippen LogP contribution in [0.3, 0.4) is 0 Å². The van der Waals surface area contributed by atoms with Gasteiger partial charge in [0.05, 0.1) is 0 Å². The van der Waals surface area contributed by atoms with E-state index >= 15 is 0 Å². The standard InChI is InChI=1S/C10H21/c1-4-6-7-8-9-10(3)5-2/h10H,1,4-9H2,2-3H3. The minimum Gasteiger partial charge on any atom is -0.0651 e. The Morgan fingerprint density at radius 1 is 1.20 bits per heavy atom. The molecule has 1 radical (unpaired) electrons. The third kappa shape index (κ3) is 6.12. The smallest absolute Gasteiger partial charge is 0.0445 e. The molecule has 0 aromatic carbocycles. The molecular formula is C10H21. The summed E-state index contributed by atoms with van der Waals surface area (Å²) in [6, 6.07) is 0. The third-order valence-corrected chi connectivity index (χ3v) is 2.14. The Labute approximate surface area is 66.0 Å². The van der Waals surface area contributed by atoms with Crippen molar-refractivity contribution in [2.75, 3.05) is 0 Å². The second kappa shape index (κ2) is 7.11. The number of hydrogen-bond acceptors (Lipinski definition) is 0. The lowest BCUT2D eigenvalue weighted by atomic mass is 10.0. The monoisotopic (exact) mass is 141 g/mol. The van der Waals surface area contributed by atoms with Gasteiger partial charge in [0.15, 0.2) is 0 Å². The van der Waals surface area contributed by atoms with Crippen molar-refractivity contribution < 1.29 is 0 Å². The summed E-state index contributed by atoms with van der Waals surface area (Å²) in [4.78, 5) is 0. The molecule has 0 aliphatic carbocycles.